The molecule has 0 saturated carbocycles. The number of para-hydroxylation sites is 4. The number of phenols is 1. The minimum atomic E-state index is -0.229. The van der Waals surface area contributed by atoms with Gasteiger partial charge in [0.1, 0.15) is 11.5 Å². The second-order valence-corrected chi connectivity index (χ2v) is 6.16. The normalized spacial score (nSPS) is 14.9. The van der Waals surface area contributed by atoms with Crippen molar-refractivity contribution in [3.05, 3.63) is 83.9 Å². The number of fused-ring (bicyclic) bond motifs is 1. The van der Waals surface area contributed by atoms with Crippen LogP contribution < -0.4 is 5.32 Å². The molecule has 0 radical (unpaired) electrons. The number of nitrogens with zero attached hydrogens (tertiary/aromatic N) is 2. The molecule has 0 bridgehead atoms. The number of aromatic hydroxyl groups is 1. The molecule has 0 atom stereocenters. The number of aliphatic imine (C=N–C) groups is 2. The van der Waals surface area contributed by atoms with Crippen LogP contribution >= 0.6 is 0 Å². The molecule has 1 aliphatic heterocycles. The van der Waals surface area contributed by atoms with Crippen molar-refractivity contribution >= 4 is 34.4 Å². The number of phenolic OH excluding ortho intramolecular Hbond substituents is 1. The molecule has 0 saturated heterocycles. The van der Waals surface area contributed by atoms with E-state index in [0.29, 0.717) is 28.4 Å². The van der Waals surface area contributed by atoms with Crippen molar-refractivity contribution in [3.63, 3.8) is 0 Å². The molecule has 0 aliphatic carbocycles. The third-order valence-electron chi connectivity index (χ3n) is 4.34. The molecule has 4 rings (SSSR count). The largest absolute Gasteiger partial charge is 0.507 e. The van der Waals surface area contributed by atoms with Gasteiger partial charge in [0.05, 0.1) is 17.1 Å². The van der Waals surface area contributed by atoms with Gasteiger partial charge >= 0.3 is 0 Å². The first-order valence-corrected chi connectivity index (χ1v) is 8.55. The SMILES string of the molecule is CC(=Nc1ccccc1N=C1C(=O)Nc2ccccc21)c1ccccc1O. The summed E-state index contributed by atoms with van der Waals surface area (Å²) >= 11 is 0. The van der Waals surface area contributed by atoms with Gasteiger partial charge in [0.25, 0.3) is 5.91 Å². The van der Waals surface area contributed by atoms with Gasteiger partial charge in [-0.2, -0.15) is 0 Å². The lowest BCUT2D eigenvalue weighted by molar-refractivity contribution is -0.110. The second kappa shape index (κ2) is 6.88. The first-order valence-electron chi connectivity index (χ1n) is 8.55. The Bertz CT molecular complexity index is 1100. The summed E-state index contributed by atoms with van der Waals surface area (Å²) in [5.41, 5.74) is 4.44. The lowest BCUT2D eigenvalue weighted by Gasteiger charge is -2.06. The fraction of sp³-hybridized carbons (Fsp3) is 0.0455. The molecule has 5 nitrogen and oxygen atoms in total. The fourth-order valence-electron chi connectivity index (χ4n) is 3.01. The molecule has 3 aromatic carbocycles. The predicted molar refractivity (Wildman–Crippen MR) is 108 cm³/mol. The van der Waals surface area contributed by atoms with Gasteiger partial charge in [-0.05, 0) is 37.3 Å². The van der Waals surface area contributed by atoms with Crippen molar-refractivity contribution in [2.24, 2.45) is 9.98 Å². The average molecular weight is 355 g/mol. The maximum Gasteiger partial charge on any atom is 0.275 e. The van der Waals surface area contributed by atoms with Crippen molar-refractivity contribution in [2.45, 2.75) is 6.92 Å². The number of benzene rings is 3. The molecular weight excluding hydrogens is 338 g/mol. The maximum absolute atomic E-state index is 12.3. The van der Waals surface area contributed by atoms with Crippen LogP contribution in [-0.4, -0.2) is 22.4 Å². The number of amides is 1. The molecule has 5 heteroatoms. The van der Waals surface area contributed by atoms with E-state index in [1.54, 1.807) is 12.1 Å². The number of hydrogen-bond donors (Lipinski definition) is 2. The van der Waals surface area contributed by atoms with Crippen LogP contribution in [0.15, 0.2) is 82.8 Å². The summed E-state index contributed by atoms with van der Waals surface area (Å²) in [6, 6.07) is 21.9. The number of rotatable bonds is 3. The highest BCUT2D eigenvalue weighted by Crippen LogP contribution is 2.32. The van der Waals surface area contributed by atoms with Gasteiger partial charge in [-0.1, -0.05) is 42.5 Å². The average Bonchev–Trinajstić information content (AvgIpc) is 2.99. The number of anilines is 1. The third kappa shape index (κ3) is 3.22. The molecule has 27 heavy (non-hydrogen) atoms. The molecule has 1 heterocycles. The Labute approximate surface area is 156 Å². The van der Waals surface area contributed by atoms with Gasteiger partial charge in [-0.25, -0.2) is 4.99 Å². The fourth-order valence-corrected chi connectivity index (χ4v) is 3.01. The van der Waals surface area contributed by atoms with E-state index in [1.165, 1.54) is 0 Å². The lowest BCUT2D eigenvalue weighted by Crippen LogP contribution is -2.13. The number of carbonyl (C=O) groups is 1. The van der Waals surface area contributed by atoms with Crippen molar-refractivity contribution in [1.82, 2.24) is 0 Å². The van der Waals surface area contributed by atoms with Crippen LogP contribution in [0.4, 0.5) is 17.1 Å². The Balaban J connectivity index is 1.78. The van der Waals surface area contributed by atoms with Gasteiger partial charge in [0, 0.05) is 16.8 Å². The van der Waals surface area contributed by atoms with Crippen LogP contribution in [-0.2, 0) is 4.79 Å². The number of carbonyl (C=O) groups excluding carboxylic acids is 1. The number of nitrogens with one attached hydrogen (secondary N) is 1. The van der Waals surface area contributed by atoms with Crippen LogP contribution in [0.5, 0.6) is 5.75 Å². The highest BCUT2D eigenvalue weighted by molar-refractivity contribution is 6.54. The van der Waals surface area contributed by atoms with E-state index in [-0.39, 0.29) is 11.7 Å². The highest BCUT2D eigenvalue weighted by Gasteiger charge is 2.25. The second-order valence-electron chi connectivity index (χ2n) is 6.16. The lowest BCUT2D eigenvalue weighted by atomic mass is 10.1. The van der Waals surface area contributed by atoms with Crippen molar-refractivity contribution in [3.8, 4) is 5.75 Å². The van der Waals surface area contributed by atoms with E-state index >= 15 is 0 Å². The third-order valence-corrected chi connectivity index (χ3v) is 4.34. The number of hydrogen-bond acceptors (Lipinski definition) is 4. The van der Waals surface area contributed by atoms with Gasteiger partial charge in [-0.3, -0.25) is 9.79 Å². The summed E-state index contributed by atoms with van der Waals surface area (Å²) in [6.45, 7) is 1.83. The molecular formula is C22H17N3O2. The van der Waals surface area contributed by atoms with Crippen molar-refractivity contribution in [1.29, 1.82) is 0 Å². The summed E-state index contributed by atoms with van der Waals surface area (Å²) < 4.78 is 0. The van der Waals surface area contributed by atoms with E-state index < -0.39 is 0 Å². The Morgan fingerprint density at radius 3 is 2.37 bits per heavy atom. The molecule has 1 aliphatic rings. The van der Waals surface area contributed by atoms with Crippen LogP contribution in [0, 0.1) is 0 Å². The van der Waals surface area contributed by atoms with Crippen molar-refractivity contribution in [2.75, 3.05) is 5.32 Å². The standard InChI is InChI=1S/C22H17N3O2/c1-14(15-8-3-7-13-20(15)26)23-18-11-5-6-12-19(18)24-21-16-9-2-4-10-17(16)25-22(21)27/h2-13,26H,1H3,(H,24,25,27). The minimum absolute atomic E-state index is 0.173. The van der Waals surface area contributed by atoms with E-state index in [9.17, 15) is 9.90 Å². The zero-order valence-corrected chi connectivity index (χ0v) is 14.7. The minimum Gasteiger partial charge on any atom is -0.507 e. The predicted octanol–water partition coefficient (Wildman–Crippen LogP) is 4.61. The Hall–Kier alpha value is -3.73. The molecule has 2 N–H and O–H groups in total. The summed E-state index contributed by atoms with van der Waals surface area (Å²) in [5, 5.41) is 12.9. The van der Waals surface area contributed by atoms with Gasteiger partial charge in [0.15, 0.2) is 0 Å². The van der Waals surface area contributed by atoms with E-state index in [1.807, 2.05) is 67.6 Å². The zero-order chi connectivity index (χ0) is 18.8. The Kier molecular flexibility index (Phi) is 4.26. The summed E-state index contributed by atoms with van der Waals surface area (Å²) in [6.07, 6.45) is 0. The van der Waals surface area contributed by atoms with Crippen LogP contribution in [0.3, 0.4) is 0 Å². The van der Waals surface area contributed by atoms with Gasteiger partial charge in [0.2, 0.25) is 0 Å². The summed E-state index contributed by atoms with van der Waals surface area (Å²) in [4.78, 5) is 21.5. The Morgan fingerprint density at radius 2 is 1.56 bits per heavy atom. The van der Waals surface area contributed by atoms with Crippen LogP contribution in [0.25, 0.3) is 0 Å². The van der Waals surface area contributed by atoms with E-state index in [0.717, 1.165) is 11.3 Å². The van der Waals surface area contributed by atoms with Gasteiger partial charge < -0.3 is 10.4 Å². The quantitative estimate of drug-likeness (QED) is 0.674. The topological polar surface area (TPSA) is 74.0 Å². The first kappa shape index (κ1) is 16.7. The van der Waals surface area contributed by atoms with Crippen LogP contribution in [0.2, 0.25) is 0 Å². The Morgan fingerprint density at radius 1 is 0.889 bits per heavy atom. The molecule has 0 aromatic heterocycles. The van der Waals surface area contributed by atoms with E-state index in [2.05, 4.69) is 15.3 Å². The smallest absolute Gasteiger partial charge is 0.275 e. The maximum atomic E-state index is 12.3. The molecule has 0 unspecified atom stereocenters. The molecule has 3 aromatic rings. The zero-order valence-electron chi connectivity index (χ0n) is 14.7. The summed E-state index contributed by atoms with van der Waals surface area (Å²) in [7, 11) is 0. The monoisotopic (exact) mass is 355 g/mol. The molecule has 0 spiro atoms. The highest BCUT2D eigenvalue weighted by atomic mass is 16.3. The van der Waals surface area contributed by atoms with Gasteiger partial charge in [-0.15, -0.1) is 0 Å². The summed E-state index contributed by atoms with van der Waals surface area (Å²) in [5.74, 6) is -0.0564. The molecule has 1 amide bonds. The van der Waals surface area contributed by atoms with Crippen LogP contribution in [0.1, 0.15) is 18.1 Å². The van der Waals surface area contributed by atoms with E-state index in [4.69, 9.17) is 0 Å². The first-order chi connectivity index (χ1) is 13.1. The molecule has 0 fully saturated rings. The van der Waals surface area contributed by atoms with Crippen molar-refractivity contribution < 1.29 is 9.90 Å². The molecule has 132 valence electrons.